The average Bonchev–Trinajstić information content (AvgIpc) is 2.90. The van der Waals surface area contributed by atoms with Crippen LogP contribution >= 0.6 is 11.3 Å². The lowest BCUT2D eigenvalue weighted by Gasteiger charge is -2.40. The molecule has 1 aromatic heterocycles. The third-order valence-electron chi connectivity index (χ3n) is 3.53. The van der Waals surface area contributed by atoms with Crippen LogP contribution in [0, 0.1) is 0 Å². The molecule has 5 heteroatoms. The highest BCUT2D eigenvalue weighted by atomic mass is 32.1. The van der Waals surface area contributed by atoms with E-state index in [-0.39, 0.29) is 11.9 Å². The zero-order chi connectivity index (χ0) is 13.1. The van der Waals surface area contributed by atoms with E-state index < -0.39 is 0 Å². The Hall–Kier alpha value is -0.910. The molecule has 4 nitrogen and oxygen atoms in total. The zero-order valence-corrected chi connectivity index (χ0v) is 12.0. The molecule has 1 amide bonds. The fourth-order valence-corrected chi connectivity index (χ4v) is 3.16. The molecule has 18 heavy (non-hydrogen) atoms. The summed E-state index contributed by atoms with van der Waals surface area (Å²) in [6.45, 7) is 4.79. The van der Waals surface area contributed by atoms with Gasteiger partial charge in [0.1, 0.15) is 6.04 Å². The van der Waals surface area contributed by atoms with Crippen LogP contribution in [0.25, 0.3) is 0 Å². The molecule has 0 bridgehead atoms. The normalized spacial score (nSPS) is 22.7. The average molecular weight is 267 g/mol. The maximum Gasteiger partial charge on any atom is 0.240 e. The second-order valence-corrected chi connectivity index (χ2v) is 5.70. The molecule has 0 radical (unpaired) electrons. The van der Waals surface area contributed by atoms with Gasteiger partial charge in [0, 0.05) is 39.8 Å². The smallest absolute Gasteiger partial charge is 0.240 e. The quantitative estimate of drug-likeness (QED) is 0.893. The lowest BCUT2D eigenvalue weighted by Crippen LogP contribution is -2.58. The number of nitrogens with zero attached hydrogens (tertiary/aromatic N) is 2. The third kappa shape index (κ3) is 2.74. The van der Waals surface area contributed by atoms with E-state index in [4.69, 9.17) is 0 Å². The third-order valence-corrected chi connectivity index (χ3v) is 4.24. The first-order chi connectivity index (χ1) is 8.61. The minimum Gasteiger partial charge on any atom is -0.347 e. The molecule has 0 aromatic carbocycles. The molecule has 1 N–H and O–H groups in total. The van der Waals surface area contributed by atoms with E-state index in [0.717, 1.165) is 19.6 Å². The maximum absolute atomic E-state index is 12.2. The molecule has 100 valence electrons. The summed E-state index contributed by atoms with van der Waals surface area (Å²) < 4.78 is 0. The number of carbonyl (C=O) groups is 1. The van der Waals surface area contributed by atoms with Gasteiger partial charge in [-0.2, -0.15) is 11.3 Å². The fraction of sp³-hybridized carbons (Fsp3) is 0.615. The van der Waals surface area contributed by atoms with Gasteiger partial charge >= 0.3 is 0 Å². The highest BCUT2D eigenvalue weighted by Gasteiger charge is 2.33. The van der Waals surface area contributed by atoms with E-state index in [1.807, 2.05) is 14.1 Å². The molecule has 2 rings (SSSR count). The van der Waals surface area contributed by atoms with Crippen LogP contribution in [0.4, 0.5) is 0 Å². The SMILES string of the molecule is CC(c1ccsc1)N1CCNCC1C(=O)N(C)C. The van der Waals surface area contributed by atoms with Crippen molar-refractivity contribution in [3.8, 4) is 0 Å². The molecule has 0 saturated carbocycles. The van der Waals surface area contributed by atoms with E-state index in [1.165, 1.54) is 5.56 Å². The first-order valence-electron chi connectivity index (χ1n) is 6.31. The number of piperazine rings is 1. The van der Waals surface area contributed by atoms with Gasteiger partial charge in [0.05, 0.1) is 0 Å². The van der Waals surface area contributed by atoms with Crippen molar-refractivity contribution in [1.82, 2.24) is 15.1 Å². The van der Waals surface area contributed by atoms with Crippen molar-refractivity contribution >= 4 is 17.2 Å². The second kappa shape index (κ2) is 5.82. The molecule has 2 unspecified atom stereocenters. The largest absolute Gasteiger partial charge is 0.347 e. The Labute approximate surface area is 113 Å². The maximum atomic E-state index is 12.2. The van der Waals surface area contributed by atoms with Gasteiger partial charge in [-0.3, -0.25) is 9.69 Å². The predicted molar refractivity (Wildman–Crippen MR) is 74.8 cm³/mol. The van der Waals surface area contributed by atoms with E-state index in [1.54, 1.807) is 16.2 Å². The summed E-state index contributed by atoms with van der Waals surface area (Å²) in [4.78, 5) is 16.2. The Morgan fingerprint density at radius 1 is 1.61 bits per heavy atom. The number of rotatable bonds is 3. The van der Waals surface area contributed by atoms with Gasteiger partial charge in [0.15, 0.2) is 0 Å². The molecule has 1 aliphatic rings. The van der Waals surface area contributed by atoms with E-state index in [0.29, 0.717) is 6.04 Å². The summed E-state index contributed by atoms with van der Waals surface area (Å²) in [5, 5.41) is 7.58. The number of amides is 1. The highest BCUT2D eigenvalue weighted by molar-refractivity contribution is 7.07. The van der Waals surface area contributed by atoms with Crippen molar-refractivity contribution in [3.05, 3.63) is 22.4 Å². The van der Waals surface area contributed by atoms with Crippen LogP contribution in [-0.2, 0) is 4.79 Å². The summed E-state index contributed by atoms with van der Waals surface area (Å²) in [5.74, 6) is 0.185. The van der Waals surface area contributed by atoms with Gasteiger partial charge in [-0.05, 0) is 29.3 Å². The van der Waals surface area contributed by atoms with Crippen LogP contribution in [-0.4, -0.2) is 55.5 Å². The van der Waals surface area contributed by atoms with Crippen LogP contribution in [0.2, 0.25) is 0 Å². The molecule has 1 fully saturated rings. The summed E-state index contributed by atoms with van der Waals surface area (Å²) in [6.07, 6.45) is 0. The minimum absolute atomic E-state index is 0.0522. The molecule has 1 aliphatic heterocycles. The lowest BCUT2D eigenvalue weighted by atomic mass is 10.1. The minimum atomic E-state index is -0.0522. The molecule has 0 spiro atoms. The number of hydrogen-bond acceptors (Lipinski definition) is 4. The summed E-state index contributed by atoms with van der Waals surface area (Å²) in [7, 11) is 3.65. The number of likely N-dealkylation sites (N-methyl/N-ethyl adjacent to an activating group) is 1. The molecule has 2 atom stereocenters. The number of carbonyl (C=O) groups excluding carboxylic acids is 1. The molecular weight excluding hydrogens is 246 g/mol. The van der Waals surface area contributed by atoms with Gasteiger partial charge in [0.2, 0.25) is 5.91 Å². The van der Waals surface area contributed by atoms with Crippen molar-refractivity contribution in [3.63, 3.8) is 0 Å². The summed E-state index contributed by atoms with van der Waals surface area (Å²) >= 11 is 1.71. The first-order valence-corrected chi connectivity index (χ1v) is 7.25. The van der Waals surface area contributed by atoms with Crippen LogP contribution < -0.4 is 5.32 Å². The molecule has 2 heterocycles. The van der Waals surface area contributed by atoms with Crippen molar-refractivity contribution in [2.45, 2.75) is 19.0 Å². The number of nitrogens with one attached hydrogen (secondary N) is 1. The molecule has 1 saturated heterocycles. The van der Waals surface area contributed by atoms with Crippen molar-refractivity contribution in [2.75, 3.05) is 33.7 Å². The molecule has 0 aliphatic carbocycles. The van der Waals surface area contributed by atoms with E-state index >= 15 is 0 Å². The highest BCUT2D eigenvalue weighted by Crippen LogP contribution is 2.25. The Balaban J connectivity index is 2.15. The second-order valence-electron chi connectivity index (χ2n) is 4.92. The predicted octanol–water partition coefficient (Wildman–Crippen LogP) is 1.17. The first kappa shape index (κ1) is 13.5. The fourth-order valence-electron chi connectivity index (χ4n) is 2.41. The van der Waals surface area contributed by atoms with E-state index in [2.05, 4.69) is 34.0 Å². The van der Waals surface area contributed by atoms with Gasteiger partial charge in [-0.1, -0.05) is 0 Å². The van der Waals surface area contributed by atoms with E-state index in [9.17, 15) is 4.79 Å². The molecule has 1 aromatic rings. The van der Waals surface area contributed by atoms with Crippen molar-refractivity contribution < 1.29 is 4.79 Å². The van der Waals surface area contributed by atoms with Crippen LogP contribution in [0.15, 0.2) is 16.8 Å². The van der Waals surface area contributed by atoms with Crippen molar-refractivity contribution in [1.29, 1.82) is 0 Å². The van der Waals surface area contributed by atoms with Gasteiger partial charge < -0.3 is 10.2 Å². The Morgan fingerprint density at radius 3 is 3.00 bits per heavy atom. The Morgan fingerprint density at radius 2 is 2.39 bits per heavy atom. The van der Waals surface area contributed by atoms with Gasteiger partial charge in [0.25, 0.3) is 0 Å². The summed E-state index contributed by atoms with van der Waals surface area (Å²) in [6, 6.07) is 2.39. The van der Waals surface area contributed by atoms with Crippen LogP contribution in [0.3, 0.4) is 0 Å². The van der Waals surface area contributed by atoms with Gasteiger partial charge in [-0.15, -0.1) is 0 Å². The van der Waals surface area contributed by atoms with Crippen molar-refractivity contribution in [2.24, 2.45) is 0 Å². The van der Waals surface area contributed by atoms with Crippen LogP contribution in [0.5, 0.6) is 0 Å². The zero-order valence-electron chi connectivity index (χ0n) is 11.2. The van der Waals surface area contributed by atoms with Gasteiger partial charge in [-0.25, -0.2) is 0 Å². The topological polar surface area (TPSA) is 35.6 Å². The monoisotopic (exact) mass is 267 g/mol. The number of thiophene rings is 1. The lowest BCUT2D eigenvalue weighted by molar-refractivity contribution is -0.136. The Kier molecular flexibility index (Phi) is 4.37. The Bertz CT molecular complexity index is 391. The standard InChI is InChI=1S/C13H21N3OS/c1-10(11-4-7-18-9-11)16-6-5-14-8-12(16)13(17)15(2)3/h4,7,9-10,12,14H,5-6,8H2,1-3H3. The number of hydrogen-bond donors (Lipinski definition) is 1. The summed E-state index contributed by atoms with van der Waals surface area (Å²) in [5.41, 5.74) is 1.30. The molecular formula is C13H21N3OS. The van der Waals surface area contributed by atoms with Crippen LogP contribution in [0.1, 0.15) is 18.5 Å².